The molecule has 5 fully saturated rings. The fourth-order valence-electron chi connectivity index (χ4n) is 12.4. The van der Waals surface area contributed by atoms with Gasteiger partial charge in [0.1, 0.15) is 12.7 Å². The molecule has 0 saturated heterocycles. The first-order valence-electron chi connectivity index (χ1n) is 16.6. The topological polar surface area (TPSA) is 96.0 Å². The van der Waals surface area contributed by atoms with Crippen molar-refractivity contribution in [1.29, 1.82) is 0 Å². The predicted molar refractivity (Wildman–Crippen MR) is 162 cm³/mol. The van der Waals surface area contributed by atoms with E-state index in [4.69, 9.17) is 14.2 Å². The smallest absolute Gasteiger partial charge is 0.320 e. The quantitative estimate of drug-likeness (QED) is 0.143. The summed E-state index contributed by atoms with van der Waals surface area (Å²) in [5.41, 5.74) is 0.132. The van der Waals surface area contributed by atoms with E-state index >= 15 is 0 Å². The first-order valence-corrected chi connectivity index (χ1v) is 16.6. The van der Waals surface area contributed by atoms with Gasteiger partial charge < -0.3 is 14.2 Å². The Labute approximate surface area is 258 Å². The highest BCUT2D eigenvalue weighted by molar-refractivity contribution is 5.88. The summed E-state index contributed by atoms with van der Waals surface area (Å²) >= 11 is 0. The van der Waals surface area contributed by atoms with Crippen molar-refractivity contribution in [1.82, 2.24) is 0 Å². The highest BCUT2D eigenvalue weighted by atomic mass is 16.6. The second-order valence-corrected chi connectivity index (χ2v) is 16.1. The Balaban J connectivity index is 1.53. The van der Waals surface area contributed by atoms with Crippen LogP contribution >= 0.6 is 0 Å². The molecule has 11 unspecified atom stereocenters. The van der Waals surface area contributed by atoms with Gasteiger partial charge in [0.2, 0.25) is 0 Å². The maximum Gasteiger partial charge on any atom is 0.320 e. The van der Waals surface area contributed by atoms with Gasteiger partial charge in [0.25, 0.3) is 0 Å². The number of ether oxygens (including phenoxy) is 3. The summed E-state index contributed by atoms with van der Waals surface area (Å²) in [6.45, 7) is 20.7. The number of carbonyl (C=O) groups excluding carboxylic acids is 4. The van der Waals surface area contributed by atoms with E-state index in [0.29, 0.717) is 11.8 Å². The normalized spacial score (nSPS) is 46.7. The standard InChI is InChI=1S/C36H54O7/c1-21(2)25-12-17-36(31(40)43-24(5)39)19-18-34(8)26(30(25)36)10-11-28-32(6)15-14-29(42-23(4)38)33(7,20-41-22(3)37)27(32)13-16-35(28,34)9/h25-30H,1,10-20H2,2-9H3. The van der Waals surface area contributed by atoms with Crippen molar-refractivity contribution in [2.45, 2.75) is 126 Å². The molecular formula is C36H54O7. The molecule has 43 heavy (non-hydrogen) atoms. The van der Waals surface area contributed by atoms with Gasteiger partial charge in [-0.2, -0.15) is 0 Å². The minimum atomic E-state index is -0.617. The van der Waals surface area contributed by atoms with Gasteiger partial charge in [0.05, 0.1) is 5.41 Å². The molecule has 0 aromatic carbocycles. The summed E-state index contributed by atoms with van der Waals surface area (Å²) in [6.07, 6.45) is 8.97. The highest BCUT2D eigenvalue weighted by Gasteiger charge is 2.72. The summed E-state index contributed by atoms with van der Waals surface area (Å²) < 4.78 is 17.0. The van der Waals surface area contributed by atoms with Crippen LogP contribution in [0.5, 0.6) is 0 Å². The highest BCUT2D eigenvalue weighted by Crippen LogP contribution is 2.77. The number of hydrogen-bond acceptors (Lipinski definition) is 7. The molecule has 0 aliphatic heterocycles. The van der Waals surface area contributed by atoms with E-state index in [0.717, 1.165) is 69.8 Å². The van der Waals surface area contributed by atoms with E-state index in [-0.39, 0.29) is 64.6 Å². The van der Waals surface area contributed by atoms with Crippen LogP contribution in [0.1, 0.15) is 120 Å². The number of fused-ring (bicyclic) bond motifs is 7. The molecule has 0 bridgehead atoms. The van der Waals surface area contributed by atoms with Crippen LogP contribution in [0.25, 0.3) is 0 Å². The second kappa shape index (κ2) is 10.7. The molecule has 7 nitrogen and oxygen atoms in total. The molecule has 0 spiro atoms. The van der Waals surface area contributed by atoms with E-state index in [2.05, 4.69) is 41.2 Å². The molecule has 0 heterocycles. The van der Waals surface area contributed by atoms with Gasteiger partial charge >= 0.3 is 23.9 Å². The minimum absolute atomic E-state index is 0.00193. The minimum Gasteiger partial charge on any atom is -0.465 e. The molecule has 0 amide bonds. The van der Waals surface area contributed by atoms with Gasteiger partial charge in [-0.25, -0.2) is 0 Å². The molecule has 11 atom stereocenters. The number of rotatable bonds is 5. The zero-order valence-corrected chi connectivity index (χ0v) is 27.8. The van der Waals surface area contributed by atoms with E-state index in [1.807, 2.05) is 0 Å². The molecule has 0 N–H and O–H groups in total. The molecule has 5 saturated carbocycles. The maximum absolute atomic E-state index is 13.7. The van der Waals surface area contributed by atoms with Gasteiger partial charge in [0.15, 0.2) is 0 Å². The SMILES string of the molecule is C=C(C)C1CCC2(C(=O)OC(C)=O)CCC3(C)C(CCC4C5(C)CCC(OC(C)=O)C(C)(COC(C)=O)C5CCC43C)C12. The van der Waals surface area contributed by atoms with Gasteiger partial charge in [-0.05, 0) is 117 Å². The summed E-state index contributed by atoms with van der Waals surface area (Å²) in [4.78, 5) is 49.8. The third kappa shape index (κ3) is 4.64. The Morgan fingerprint density at radius 3 is 2.02 bits per heavy atom. The lowest BCUT2D eigenvalue weighted by molar-refractivity contribution is -0.257. The molecule has 0 aromatic heterocycles. The Hall–Kier alpha value is -2.18. The van der Waals surface area contributed by atoms with Gasteiger partial charge in [-0.3, -0.25) is 19.2 Å². The Morgan fingerprint density at radius 2 is 1.42 bits per heavy atom. The molecule has 0 radical (unpaired) electrons. The van der Waals surface area contributed by atoms with Crippen LogP contribution in [-0.4, -0.2) is 36.6 Å². The van der Waals surface area contributed by atoms with Crippen LogP contribution < -0.4 is 0 Å². The first-order chi connectivity index (χ1) is 20.0. The number of esters is 4. The average molecular weight is 599 g/mol. The van der Waals surface area contributed by atoms with Crippen LogP contribution in [0.2, 0.25) is 0 Å². The zero-order valence-electron chi connectivity index (χ0n) is 27.8. The lowest BCUT2D eigenvalue weighted by Crippen LogP contribution is -2.68. The fraction of sp³-hybridized carbons (Fsp3) is 0.833. The van der Waals surface area contributed by atoms with E-state index in [1.165, 1.54) is 20.8 Å². The lowest BCUT2D eigenvalue weighted by atomic mass is 9.32. The van der Waals surface area contributed by atoms with Gasteiger partial charge in [-0.15, -0.1) is 0 Å². The second-order valence-electron chi connectivity index (χ2n) is 16.1. The molecule has 5 rings (SSSR count). The Bertz CT molecular complexity index is 1210. The third-order valence-corrected chi connectivity index (χ3v) is 14.3. The summed E-state index contributed by atoms with van der Waals surface area (Å²) in [5.74, 6) is 0.00799. The molecular weight excluding hydrogens is 544 g/mol. The van der Waals surface area contributed by atoms with Gasteiger partial charge in [0, 0.05) is 26.2 Å². The summed E-state index contributed by atoms with van der Waals surface area (Å²) in [5, 5.41) is 0. The molecule has 5 aliphatic carbocycles. The van der Waals surface area contributed by atoms with Crippen molar-refractivity contribution in [2.75, 3.05) is 6.61 Å². The van der Waals surface area contributed by atoms with Crippen LogP contribution in [0, 0.1) is 56.7 Å². The number of allylic oxidation sites excluding steroid dienone is 1. The Morgan fingerprint density at radius 1 is 0.721 bits per heavy atom. The summed E-state index contributed by atoms with van der Waals surface area (Å²) in [6, 6.07) is 0. The van der Waals surface area contributed by atoms with Crippen molar-refractivity contribution in [3.63, 3.8) is 0 Å². The molecule has 0 aromatic rings. The van der Waals surface area contributed by atoms with E-state index in [9.17, 15) is 19.2 Å². The van der Waals surface area contributed by atoms with E-state index in [1.54, 1.807) is 0 Å². The fourth-order valence-corrected chi connectivity index (χ4v) is 12.4. The largest absolute Gasteiger partial charge is 0.465 e. The van der Waals surface area contributed by atoms with Crippen LogP contribution in [0.15, 0.2) is 12.2 Å². The van der Waals surface area contributed by atoms with Crippen LogP contribution in [0.4, 0.5) is 0 Å². The number of carbonyl (C=O) groups is 4. The van der Waals surface area contributed by atoms with E-state index < -0.39 is 16.8 Å². The zero-order chi connectivity index (χ0) is 31.8. The Kier molecular flexibility index (Phi) is 8.03. The first kappa shape index (κ1) is 32.2. The summed E-state index contributed by atoms with van der Waals surface area (Å²) in [7, 11) is 0. The van der Waals surface area contributed by atoms with Crippen molar-refractivity contribution in [3.05, 3.63) is 12.2 Å². The lowest BCUT2D eigenvalue weighted by Gasteiger charge is -2.72. The molecule has 240 valence electrons. The average Bonchev–Trinajstić information content (AvgIpc) is 3.31. The molecule has 7 heteroatoms. The molecule has 5 aliphatic rings. The number of hydrogen-bond donors (Lipinski definition) is 0. The van der Waals surface area contributed by atoms with Crippen molar-refractivity contribution in [3.8, 4) is 0 Å². The van der Waals surface area contributed by atoms with Crippen molar-refractivity contribution < 1.29 is 33.4 Å². The van der Waals surface area contributed by atoms with Crippen LogP contribution in [-0.2, 0) is 33.4 Å². The maximum atomic E-state index is 13.7. The van der Waals surface area contributed by atoms with Gasteiger partial charge in [-0.1, -0.05) is 39.8 Å². The third-order valence-electron chi connectivity index (χ3n) is 14.3. The monoisotopic (exact) mass is 598 g/mol. The predicted octanol–water partition coefficient (Wildman–Crippen LogP) is 7.21. The van der Waals surface area contributed by atoms with Crippen molar-refractivity contribution >= 4 is 23.9 Å². The van der Waals surface area contributed by atoms with Crippen LogP contribution in [0.3, 0.4) is 0 Å². The van der Waals surface area contributed by atoms with Crippen molar-refractivity contribution in [2.24, 2.45) is 56.7 Å².